The summed E-state index contributed by atoms with van der Waals surface area (Å²) in [5.41, 5.74) is 0.467. The third-order valence-corrected chi connectivity index (χ3v) is 4.98. The maximum Gasteiger partial charge on any atom is 0.354 e. The van der Waals surface area contributed by atoms with Gasteiger partial charge in [0.05, 0.1) is 5.56 Å². The maximum atomic E-state index is 12.7. The highest BCUT2D eigenvalue weighted by Crippen LogP contribution is 2.34. The number of carbonyl (C=O) groups excluding carboxylic acids is 1. The third kappa shape index (κ3) is 2.98. The topological polar surface area (TPSA) is 70.5 Å². The second-order valence-electron chi connectivity index (χ2n) is 6.34. The molecule has 0 radical (unpaired) electrons. The molecule has 2 aliphatic rings. The van der Waals surface area contributed by atoms with Gasteiger partial charge in [-0.15, -0.1) is 0 Å². The van der Waals surface area contributed by atoms with Crippen LogP contribution in [0.5, 0.6) is 0 Å². The number of aromatic nitrogens is 1. The van der Waals surface area contributed by atoms with Gasteiger partial charge in [-0.2, -0.15) is 0 Å². The lowest BCUT2D eigenvalue weighted by Gasteiger charge is -2.34. The van der Waals surface area contributed by atoms with E-state index in [0.29, 0.717) is 17.5 Å². The molecule has 5 heteroatoms. The Kier molecular flexibility index (Phi) is 4.41. The van der Waals surface area contributed by atoms with Crippen LogP contribution in [0, 0.1) is 5.92 Å². The Morgan fingerprint density at radius 1 is 1.09 bits per heavy atom. The second kappa shape index (κ2) is 6.46. The summed E-state index contributed by atoms with van der Waals surface area (Å²) in [5.74, 6) is -0.441. The Morgan fingerprint density at radius 2 is 1.86 bits per heavy atom. The molecule has 0 spiro atoms. The van der Waals surface area contributed by atoms with E-state index in [-0.39, 0.29) is 11.6 Å². The number of nitrogens with zero attached hydrogens (tertiary/aromatic N) is 2. The van der Waals surface area contributed by atoms with Gasteiger partial charge in [0.2, 0.25) is 0 Å². The number of carbonyl (C=O) groups is 2. The Bertz CT molecular complexity index is 550. The Labute approximate surface area is 130 Å². The van der Waals surface area contributed by atoms with Gasteiger partial charge >= 0.3 is 5.97 Å². The predicted molar refractivity (Wildman–Crippen MR) is 81.8 cm³/mol. The molecule has 1 saturated heterocycles. The van der Waals surface area contributed by atoms with Gasteiger partial charge in [0.1, 0.15) is 5.69 Å². The van der Waals surface area contributed by atoms with E-state index in [1.165, 1.54) is 44.4 Å². The quantitative estimate of drug-likeness (QED) is 0.932. The zero-order valence-electron chi connectivity index (χ0n) is 12.7. The van der Waals surface area contributed by atoms with Crippen molar-refractivity contribution in [3.8, 4) is 0 Å². The standard InChI is InChI=1S/C17H22N2O3/c20-16(13-8-9-14(17(21)22)18-11-13)19-10-4-7-15(19)12-5-2-1-3-6-12/h8-9,11-12,15H,1-7,10H2,(H,21,22)/t15-/m1/s1. The number of rotatable bonds is 3. The molecular weight excluding hydrogens is 280 g/mol. The first-order valence-electron chi connectivity index (χ1n) is 8.17. The molecule has 3 rings (SSSR count). The molecule has 1 aliphatic heterocycles. The molecule has 1 N–H and O–H groups in total. The number of amides is 1. The van der Waals surface area contributed by atoms with Gasteiger partial charge in [0.25, 0.3) is 5.91 Å². The molecule has 1 atom stereocenters. The van der Waals surface area contributed by atoms with Crippen LogP contribution in [0.3, 0.4) is 0 Å². The van der Waals surface area contributed by atoms with Crippen LogP contribution in [0.2, 0.25) is 0 Å². The van der Waals surface area contributed by atoms with Crippen molar-refractivity contribution in [3.05, 3.63) is 29.6 Å². The number of hydrogen-bond acceptors (Lipinski definition) is 3. The summed E-state index contributed by atoms with van der Waals surface area (Å²) in [4.78, 5) is 29.4. The largest absolute Gasteiger partial charge is 0.477 e. The van der Waals surface area contributed by atoms with Crippen molar-refractivity contribution in [1.29, 1.82) is 0 Å². The van der Waals surface area contributed by atoms with E-state index in [4.69, 9.17) is 5.11 Å². The molecule has 2 fully saturated rings. The van der Waals surface area contributed by atoms with E-state index in [9.17, 15) is 9.59 Å². The smallest absolute Gasteiger partial charge is 0.354 e. The van der Waals surface area contributed by atoms with Crippen LogP contribution in [-0.4, -0.2) is 39.5 Å². The highest BCUT2D eigenvalue weighted by Gasteiger charge is 2.35. The molecule has 1 saturated carbocycles. The number of aromatic carboxylic acids is 1. The lowest BCUT2D eigenvalue weighted by Crippen LogP contribution is -2.40. The van der Waals surface area contributed by atoms with Crippen LogP contribution in [0.4, 0.5) is 0 Å². The average molecular weight is 302 g/mol. The Balaban J connectivity index is 1.73. The summed E-state index contributed by atoms with van der Waals surface area (Å²) in [6.45, 7) is 0.806. The Morgan fingerprint density at radius 3 is 2.50 bits per heavy atom. The van der Waals surface area contributed by atoms with E-state index < -0.39 is 5.97 Å². The van der Waals surface area contributed by atoms with Crippen LogP contribution in [-0.2, 0) is 0 Å². The fourth-order valence-electron chi connectivity index (χ4n) is 3.87. The summed E-state index contributed by atoms with van der Waals surface area (Å²) in [6.07, 6.45) is 9.87. The molecule has 1 amide bonds. The average Bonchev–Trinajstić information content (AvgIpc) is 3.04. The molecule has 2 heterocycles. The lowest BCUT2D eigenvalue weighted by atomic mass is 9.83. The number of likely N-dealkylation sites (tertiary alicyclic amines) is 1. The molecule has 118 valence electrons. The first-order valence-corrected chi connectivity index (χ1v) is 8.17. The van der Waals surface area contributed by atoms with Crippen molar-refractivity contribution >= 4 is 11.9 Å². The van der Waals surface area contributed by atoms with Crippen molar-refractivity contribution in [3.63, 3.8) is 0 Å². The zero-order valence-corrected chi connectivity index (χ0v) is 12.7. The van der Waals surface area contributed by atoms with E-state index in [1.54, 1.807) is 6.07 Å². The highest BCUT2D eigenvalue weighted by molar-refractivity contribution is 5.95. The highest BCUT2D eigenvalue weighted by atomic mass is 16.4. The van der Waals surface area contributed by atoms with Crippen molar-refractivity contribution in [2.24, 2.45) is 5.92 Å². The second-order valence-corrected chi connectivity index (χ2v) is 6.34. The maximum absolute atomic E-state index is 12.7. The fourth-order valence-corrected chi connectivity index (χ4v) is 3.87. The van der Waals surface area contributed by atoms with Gasteiger partial charge in [-0.1, -0.05) is 19.3 Å². The number of pyridine rings is 1. The number of hydrogen-bond donors (Lipinski definition) is 1. The minimum Gasteiger partial charge on any atom is -0.477 e. The first-order chi connectivity index (χ1) is 10.7. The van der Waals surface area contributed by atoms with Gasteiger partial charge in [-0.25, -0.2) is 9.78 Å². The van der Waals surface area contributed by atoms with Gasteiger partial charge in [-0.05, 0) is 43.7 Å². The predicted octanol–water partition coefficient (Wildman–Crippen LogP) is 2.96. The molecular formula is C17H22N2O3. The SMILES string of the molecule is O=C(O)c1ccc(C(=O)N2CCC[C@@H]2C2CCCCC2)cn1. The minimum atomic E-state index is -1.07. The zero-order chi connectivity index (χ0) is 15.5. The van der Waals surface area contributed by atoms with Crippen LogP contribution in [0.15, 0.2) is 18.3 Å². The van der Waals surface area contributed by atoms with Gasteiger partial charge in [0.15, 0.2) is 0 Å². The third-order valence-electron chi connectivity index (χ3n) is 4.98. The lowest BCUT2D eigenvalue weighted by molar-refractivity contribution is 0.0654. The summed E-state index contributed by atoms with van der Waals surface area (Å²) in [7, 11) is 0. The molecule has 1 aliphatic carbocycles. The number of carboxylic acids is 1. The van der Waals surface area contributed by atoms with E-state index in [0.717, 1.165) is 19.4 Å². The first kappa shape index (κ1) is 15.0. The van der Waals surface area contributed by atoms with E-state index in [2.05, 4.69) is 4.98 Å². The van der Waals surface area contributed by atoms with Gasteiger partial charge < -0.3 is 10.0 Å². The van der Waals surface area contributed by atoms with Crippen molar-refractivity contribution < 1.29 is 14.7 Å². The summed E-state index contributed by atoms with van der Waals surface area (Å²) in [6, 6.07) is 3.34. The van der Waals surface area contributed by atoms with Gasteiger partial charge in [-0.3, -0.25) is 4.79 Å². The van der Waals surface area contributed by atoms with E-state index >= 15 is 0 Å². The fraction of sp³-hybridized carbons (Fsp3) is 0.588. The Hall–Kier alpha value is -1.91. The van der Waals surface area contributed by atoms with Crippen molar-refractivity contribution in [2.75, 3.05) is 6.54 Å². The normalized spacial score (nSPS) is 22.7. The van der Waals surface area contributed by atoms with Crippen molar-refractivity contribution in [2.45, 2.75) is 51.0 Å². The molecule has 22 heavy (non-hydrogen) atoms. The van der Waals surface area contributed by atoms with Gasteiger partial charge in [0, 0.05) is 18.8 Å². The molecule has 1 aromatic heterocycles. The summed E-state index contributed by atoms with van der Waals surface area (Å²) >= 11 is 0. The molecule has 0 unspecified atom stereocenters. The molecule has 5 nitrogen and oxygen atoms in total. The van der Waals surface area contributed by atoms with Crippen LogP contribution < -0.4 is 0 Å². The van der Waals surface area contributed by atoms with Crippen LogP contribution >= 0.6 is 0 Å². The molecule has 1 aromatic rings. The minimum absolute atomic E-state index is 0.00230. The van der Waals surface area contributed by atoms with E-state index in [1.807, 2.05) is 4.90 Å². The summed E-state index contributed by atoms with van der Waals surface area (Å²) in [5, 5.41) is 8.88. The van der Waals surface area contributed by atoms with Crippen LogP contribution in [0.25, 0.3) is 0 Å². The van der Waals surface area contributed by atoms with Crippen molar-refractivity contribution in [1.82, 2.24) is 9.88 Å². The summed E-state index contributed by atoms with van der Waals surface area (Å²) < 4.78 is 0. The number of carboxylic acid groups (broad SMARTS) is 1. The monoisotopic (exact) mass is 302 g/mol. The van der Waals surface area contributed by atoms with Crippen LogP contribution in [0.1, 0.15) is 65.8 Å². The molecule has 0 aromatic carbocycles. The molecule has 0 bridgehead atoms.